The number of para-hydroxylation sites is 2. The number of benzene rings is 2. The van der Waals surface area contributed by atoms with Gasteiger partial charge in [-0.3, -0.25) is 4.79 Å². The van der Waals surface area contributed by atoms with Gasteiger partial charge in [-0.05, 0) is 25.5 Å². The zero-order valence-electron chi connectivity index (χ0n) is 15.8. The van der Waals surface area contributed by atoms with Gasteiger partial charge in [-0.1, -0.05) is 42.5 Å². The van der Waals surface area contributed by atoms with Crippen LogP contribution in [-0.4, -0.2) is 40.6 Å². The number of carbonyl (C=O) groups excluding carboxylic acids is 2. The number of carboxylic acids is 1. The summed E-state index contributed by atoms with van der Waals surface area (Å²) in [6, 6.07) is 13.2. The summed E-state index contributed by atoms with van der Waals surface area (Å²) in [6.45, 7) is 1.90. The second kappa shape index (κ2) is 8.97. The molecule has 1 heterocycles. The molecule has 1 atom stereocenters. The molecule has 0 saturated heterocycles. The minimum Gasteiger partial charge on any atom is -0.480 e. The standard InChI is InChI=1S/C22H20N2O5/c1-2-29-19(25)13-7-12-18(22(27)28)24-21(26)20-14-8-3-5-10-16(14)23-17-11-6-4-9-15(17)20/h3-11,13,18H,2,12H2,1H3,(H,24,26)(H,27,28)/b13-7+/t18-/m0/s1. The van der Waals surface area contributed by atoms with E-state index in [4.69, 9.17) is 4.74 Å². The monoisotopic (exact) mass is 392 g/mol. The molecule has 0 saturated carbocycles. The van der Waals surface area contributed by atoms with Crippen molar-refractivity contribution in [3.8, 4) is 0 Å². The van der Waals surface area contributed by atoms with Gasteiger partial charge < -0.3 is 15.2 Å². The maximum atomic E-state index is 13.1. The quantitative estimate of drug-likeness (QED) is 0.364. The zero-order valence-corrected chi connectivity index (χ0v) is 15.8. The van der Waals surface area contributed by atoms with Gasteiger partial charge in [0, 0.05) is 16.8 Å². The van der Waals surface area contributed by atoms with Crippen LogP contribution in [0, 0.1) is 0 Å². The minimum absolute atomic E-state index is 0.0547. The van der Waals surface area contributed by atoms with E-state index in [1.807, 2.05) is 12.1 Å². The van der Waals surface area contributed by atoms with Crippen LogP contribution in [0.4, 0.5) is 0 Å². The van der Waals surface area contributed by atoms with E-state index >= 15 is 0 Å². The molecule has 0 aliphatic carbocycles. The minimum atomic E-state index is -1.20. The predicted molar refractivity (Wildman–Crippen MR) is 109 cm³/mol. The molecule has 3 rings (SSSR count). The van der Waals surface area contributed by atoms with E-state index in [1.165, 1.54) is 6.08 Å². The number of ether oxygens (including phenoxy) is 1. The van der Waals surface area contributed by atoms with Gasteiger partial charge in [-0.15, -0.1) is 0 Å². The highest BCUT2D eigenvalue weighted by Gasteiger charge is 2.22. The number of hydrogen-bond acceptors (Lipinski definition) is 5. The van der Waals surface area contributed by atoms with Crippen LogP contribution in [0.1, 0.15) is 23.7 Å². The van der Waals surface area contributed by atoms with Crippen LogP contribution in [0.25, 0.3) is 21.8 Å². The van der Waals surface area contributed by atoms with Crippen molar-refractivity contribution in [2.75, 3.05) is 6.61 Å². The Labute approximate surface area is 167 Å². The third-order valence-electron chi connectivity index (χ3n) is 4.33. The Hall–Kier alpha value is -3.74. The van der Waals surface area contributed by atoms with Crippen molar-refractivity contribution in [1.29, 1.82) is 0 Å². The Morgan fingerprint density at radius 2 is 1.66 bits per heavy atom. The smallest absolute Gasteiger partial charge is 0.330 e. The molecule has 0 unspecified atom stereocenters. The molecule has 0 spiro atoms. The summed E-state index contributed by atoms with van der Waals surface area (Å²) >= 11 is 0. The van der Waals surface area contributed by atoms with Gasteiger partial charge in [0.15, 0.2) is 0 Å². The molecule has 0 fully saturated rings. The molecule has 29 heavy (non-hydrogen) atoms. The number of rotatable bonds is 7. The molecule has 148 valence electrons. The summed E-state index contributed by atoms with van der Waals surface area (Å²) in [6.07, 6.45) is 2.48. The largest absolute Gasteiger partial charge is 0.480 e. The molecule has 7 nitrogen and oxygen atoms in total. The van der Waals surface area contributed by atoms with E-state index in [2.05, 4.69) is 10.3 Å². The number of aromatic nitrogens is 1. The van der Waals surface area contributed by atoms with Crippen molar-refractivity contribution in [3.63, 3.8) is 0 Å². The maximum absolute atomic E-state index is 13.1. The summed E-state index contributed by atoms with van der Waals surface area (Å²) in [7, 11) is 0. The maximum Gasteiger partial charge on any atom is 0.330 e. The van der Waals surface area contributed by atoms with Crippen molar-refractivity contribution < 1.29 is 24.2 Å². The normalized spacial score (nSPS) is 12.2. The van der Waals surface area contributed by atoms with Crippen molar-refractivity contribution >= 4 is 39.7 Å². The van der Waals surface area contributed by atoms with E-state index in [1.54, 1.807) is 43.3 Å². The van der Waals surface area contributed by atoms with Crippen LogP contribution >= 0.6 is 0 Å². The molecule has 0 bridgehead atoms. The van der Waals surface area contributed by atoms with Crippen molar-refractivity contribution in [2.45, 2.75) is 19.4 Å². The Bertz CT molecular complexity index is 1050. The molecule has 2 N–H and O–H groups in total. The Kier molecular flexibility index (Phi) is 6.19. The SMILES string of the molecule is CCOC(=O)/C=C/C[C@H](NC(=O)c1c2ccccc2nc2ccccc12)C(=O)O. The number of fused-ring (bicyclic) bond motifs is 2. The topological polar surface area (TPSA) is 106 Å². The number of aliphatic carboxylic acids is 1. The van der Waals surface area contributed by atoms with E-state index in [0.717, 1.165) is 6.08 Å². The number of esters is 1. The second-order valence-corrected chi connectivity index (χ2v) is 6.28. The first-order valence-electron chi connectivity index (χ1n) is 9.15. The molecule has 0 aliphatic heterocycles. The number of hydrogen-bond donors (Lipinski definition) is 2. The van der Waals surface area contributed by atoms with Crippen LogP contribution in [-0.2, 0) is 14.3 Å². The van der Waals surface area contributed by atoms with Gasteiger partial charge in [0.05, 0.1) is 23.2 Å². The van der Waals surface area contributed by atoms with Crippen molar-refractivity contribution in [1.82, 2.24) is 10.3 Å². The number of pyridine rings is 1. The highest BCUT2D eigenvalue weighted by molar-refractivity contribution is 6.16. The van der Waals surface area contributed by atoms with E-state index in [9.17, 15) is 19.5 Å². The first kappa shape index (κ1) is 20.0. The third kappa shape index (κ3) is 4.57. The first-order chi connectivity index (χ1) is 14.0. The number of carbonyl (C=O) groups is 3. The third-order valence-corrected chi connectivity index (χ3v) is 4.33. The van der Waals surface area contributed by atoms with Gasteiger partial charge in [0.25, 0.3) is 5.91 Å². The molecular formula is C22H20N2O5. The van der Waals surface area contributed by atoms with E-state index in [0.29, 0.717) is 27.4 Å². The average molecular weight is 392 g/mol. The fourth-order valence-electron chi connectivity index (χ4n) is 3.03. The van der Waals surface area contributed by atoms with Crippen molar-refractivity contribution in [2.24, 2.45) is 0 Å². The second-order valence-electron chi connectivity index (χ2n) is 6.28. The van der Waals surface area contributed by atoms with Crippen LogP contribution in [0.5, 0.6) is 0 Å². The number of nitrogens with one attached hydrogen (secondary N) is 1. The highest BCUT2D eigenvalue weighted by atomic mass is 16.5. The lowest BCUT2D eigenvalue weighted by Crippen LogP contribution is -2.40. The van der Waals surface area contributed by atoms with Gasteiger partial charge in [-0.25, -0.2) is 14.6 Å². The summed E-state index contributed by atoms with van der Waals surface area (Å²) in [4.78, 5) is 40.6. The van der Waals surface area contributed by atoms with E-state index < -0.39 is 23.9 Å². The molecule has 2 aromatic carbocycles. The summed E-state index contributed by atoms with van der Waals surface area (Å²) in [5, 5.41) is 13.3. The van der Waals surface area contributed by atoms with Crippen LogP contribution in [0.15, 0.2) is 60.7 Å². The molecule has 7 heteroatoms. The predicted octanol–water partition coefficient (Wildman–Crippen LogP) is 3.08. The summed E-state index contributed by atoms with van der Waals surface area (Å²) in [5.74, 6) is -2.28. The van der Waals surface area contributed by atoms with Crippen LogP contribution < -0.4 is 5.32 Å². The number of amides is 1. The summed E-state index contributed by atoms with van der Waals surface area (Å²) < 4.78 is 4.76. The zero-order chi connectivity index (χ0) is 20.8. The fourth-order valence-corrected chi connectivity index (χ4v) is 3.03. The van der Waals surface area contributed by atoms with Crippen LogP contribution in [0.2, 0.25) is 0 Å². The lowest BCUT2D eigenvalue weighted by atomic mass is 10.0. The Morgan fingerprint density at radius 1 is 1.07 bits per heavy atom. The van der Waals surface area contributed by atoms with Crippen molar-refractivity contribution in [3.05, 3.63) is 66.2 Å². The Balaban J connectivity index is 1.93. The molecule has 1 aromatic heterocycles. The van der Waals surface area contributed by atoms with Gasteiger partial charge in [0.1, 0.15) is 6.04 Å². The lowest BCUT2D eigenvalue weighted by Gasteiger charge is -2.15. The van der Waals surface area contributed by atoms with Gasteiger partial charge >= 0.3 is 11.9 Å². The fraction of sp³-hybridized carbons (Fsp3) is 0.182. The molecular weight excluding hydrogens is 372 g/mol. The van der Waals surface area contributed by atoms with E-state index in [-0.39, 0.29) is 13.0 Å². The summed E-state index contributed by atoms with van der Waals surface area (Å²) in [5.41, 5.74) is 1.66. The first-order valence-corrected chi connectivity index (χ1v) is 9.15. The van der Waals surface area contributed by atoms with Gasteiger partial charge in [0.2, 0.25) is 0 Å². The van der Waals surface area contributed by atoms with Gasteiger partial charge in [-0.2, -0.15) is 0 Å². The molecule has 0 aliphatic rings. The number of nitrogens with zero attached hydrogens (tertiary/aromatic N) is 1. The number of carboxylic acid groups (broad SMARTS) is 1. The lowest BCUT2D eigenvalue weighted by molar-refractivity contribution is -0.139. The molecule has 0 radical (unpaired) electrons. The molecule has 3 aromatic rings. The molecule has 1 amide bonds. The average Bonchev–Trinajstić information content (AvgIpc) is 2.71. The Morgan fingerprint density at radius 3 is 2.21 bits per heavy atom. The van der Waals surface area contributed by atoms with Crippen LogP contribution in [0.3, 0.4) is 0 Å². The highest BCUT2D eigenvalue weighted by Crippen LogP contribution is 2.26.